The summed E-state index contributed by atoms with van der Waals surface area (Å²) in [5.74, 6) is 0.858. The highest BCUT2D eigenvalue weighted by Gasteiger charge is 2.19. The minimum absolute atomic E-state index is 0.0190. The summed E-state index contributed by atoms with van der Waals surface area (Å²) in [6, 6.07) is 3.94. The summed E-state index contributed by atoms with van der Waals surface area (Å²) in [6.07, 6.45) is 1.90. The summed E-state index contributed by atoms with van der Waals surface area (Å²) >= 11 is 0. The van der Waals surface area contributed by atoms with Crippen LogP contribution in [0.3, 0.4) is 0 Å². The van der Waals surface area contributed by atoms with Gasteiger partial charge in [0.1, 0.15) is 0 Å². The first-order valence-corrected chi connectivity index (χ1v) is 5.06. The van der Waals surface area contributed by atoms with Gasteiger partial charge in [0.05, 0.1) is 0 Å². The fraction of sp³-hybridized carbons (Fsp3) is 0.455. The van der Waals surface area contributed by atoms with Crippen LogP contribution in [0.25, 0.3) is 5.65 Å². The first-order valence-electron chi connectivity index (χ1n) is 5.06. The van der Waals surface area contributed by atoms with Crippen molar-refractivity contribution in [3.05, 3.63) is 29.7 Å². The van der Waals surface area contributed by atoms with E-state index in [1.165, 1.54) is 0 Å². The van der Waals surface area contributed by atoms with E-state index < -0.39 is 0 Å². The first-order chi connectivity index (χ1) is 7.00. The lowest BCUT2D eigenvalue weighted by Crippen LogP contribution is -2.13. The highest BCUT2D eigenvalue weighted by molar-refractivity contribution is 5.41. The van der Waals surface area contributed by atoms with E-state index in [1.54, 1.807) is 4.52 Å². The number of hydrogen-bond donors (Lipinski definition) is 1. The molecule has 0 bridgehead atoms. The summed E-state index contributed by atoms with van der Waals surface area (Å²) in [7, 11) is 0. The van der Waals surface area contributed by atoms with Crippen molar-refractivity contribution in [1.29, 1.82) is 0 Å². The van der Waals surface area contributed by atoms with Gasteiger partial charge in [0.25, 0.3) is 0 Å². The molecular weight excluding hydrogens is 188 g/mol. The van der Waals surface area contributed by atoms with E-state index in [-0.39, 0.29) is 5.41 Å². The van der Waals surface area contributed by atoms with Crippen molar-refractivity contribution in [3.63, 3.8) is 0 Å². The Hall–Kier alpha value is -1.42. The van der Waals surface area contributed by atoms with Gasteiger partial charge < -0.3 is 5.73 Å². The van der Waals surface area contributed by atoms with Crippen molar-refractivity contribution in [1.82, 2.24) is 14.6 Å². The zero-order chi connectivity index (χ0) is 11.1. The Morgan fingerprint density at radius 1 is 1.40 bits per heavy atom. The third-order valence-electron chi connectivity index (χ3n) is 2.31. The molecule has 0 spiro atoms. The first kappa shape index (κ1) is 10.1. The second kappa shape index (κ2) is 3.31. The van der Waals surface area contributed by atoms with Crippen LogP contribution in [0.2, 0.25) is 0 Å². The maximum Gasteiger partial charge on any atom is 0.157 e. The zero-order valence-corrected chi connectivity index (χ0v) is 9.36. The smallest absolute Gasteiger partial charge is 0.157 e. The Kier molecular flexibility index (Phi) is 2.23. The van der Waals surface area contributed by atoms with E-state index in [4.69, 9.17) is 5.73 Å². The third-order valence-corrected chi connectivity index (χ3v) is 2.31. The van der Waals surface area contributed by atoms with Crippen molar-refractivity contribution >= 4 is 5.65 Å². The molecule has 15 heavy (non-hydrogen) atoms. The lowest BCUT2D eigenvalue weighted by atomic mass is 9.96. The van der Waals surface area contributed by atoms with Crippen molar-refractivity contribution in [3.8, 4) is 0 Å². The van der Waals surface area contributed by atoms with E-state index in [0.29, 0.717) is 6.54 Å². The van der Waals surface area contributed by atoms with E-state index >= 15 is 0 Å². The molecule has 0 aliphatic heterocycles. The molecule has 80 valence electrons. The van der Waals surface area contributed by atoms with Gasteiger partial charge in [0.2, 0.25) is 0 Å². The summed E-state index contributed by atoms with van der Waals surface area (Å²) in [5.41, 5.74) is 7.50. The molecule has 2 heterocycles. The molecule has 2 aromatic heterocycles. The van der Waals surface area contributed by atoms with Gasteiger partial charge in [-0.2, -0.15) is 5.10 Å². The number of rotatable bonds is 1. The highest BCUT2D eigenvalue weighted by Crippen LogP contribution is 2.19. The fourth-order valence-electron chi connectivity index (χ4n) is 1.37. The van der Waals surface area contributed by atoms with E-state index in [1.807, 2.05) is 18.3 Å². The van der Waals surface area contributed by atoms with Gasteiger partial charge in [-0.15, -0.1) is 0 Å². The maximum absolute atomic E-state index is 5.58. The average molecular weight is 204 g/mol. The van der Waals surface area contributed by atoms with Crippen molar-refractivity contribution in [2.75, 3.05) is 0 Å². The summed E-state index contributed by atoms with van der Waals surface area (Å²) < 4.78 is 1.79. The largest absolute Gasteiger partial charge is 0.326 e. The maximum atomic E-state index is 5.58. The molecule has 2 aromatic rings. The van der Waals surface area contributed by atoms with Crippen LogP contribution in [0.4, 0.5) is 0 Å². The van der Waals surface area contributed by atoms with Gasteiger partial charge in [0, 0.05) is 18.2 Å². The Morgan fingerprint density at radius 3 is 2.73 bits per heavy atom. The summed E-state index contributed by atoms with van der Waals surface area (Å²) in [6.45, 7) is 6.84. The second-order valence-electron chi connectivity index (χ2n) is 4.73. The number of fused-ring (bicyclic) bond motifs is 1. The fourth-order valence-corrected chi connectivity index (χ4v) is 1.37. The van der Waals surface area contributed by atoms with Crippen LogP contribution in [0.15, 0.2) is 18.3 Å². The normalized spacial score (nSPS) is 12.3. The molecular formula is C11H16N4. The standard InChI is InChI=1S/C11H16N4/c1-11(2,3)10-13-9-6-8(7-12)4-5-15(9)14-10/h4-6H,7,12H2,1-3H3. The van der Waals surface area contributed by atoms with Gasteiger partial charge in [-0.3, -0.25) is 0 Å². The van der Waals surface area contributed by atoms with Crippen LogP contribution in [0.5, 0.6) is 0 Å². The van der Waals surface area contributed by atoms with E-state index in [9.17, 15) is 0 Å². The molecule has 4 nitrogen and oxygen atoms in total. The van der Waals surface area contributed by atoms with Gasteiger partial charge in [-0.25, -0.2) is 9.50 Å². The third kappa shape index (κ3) is 1.85. The molecule has 2 rings (SSSR count). The highest BCUT2D eigenvalue weighted by atomic mass is 15.3. The SMILES string of the molecule is CC(C)(C)c1nc2cc(CN)ccn2n1. The predicted octanol–water partition coefficient (Wildman–Crippen LogP) is 1.49. The quantitative estimate of drug-likeness (QED) is 0.765. The second-order valence-corrected chi connectivity index (χ2v) is 4.73. The minimum Gasteiger partial charge on any atom is -0.326 e. The minimum atomic E-state index is -0.0190. The molecule has 0 atom stereocenters. The van der Waals surface area contributed by atoms with Crippen LogP contribution in [0, 0.1) is 0 Å². The van der Waals surface area contributed by atoms with Crippen molar-refractivity contribution in [2.24, 2.45) is 5.73 Å². The number of hydrogen-bond acceptors (Lipinski definition) is 3. The Bertz CT molecular complexity index is 479. The molecule has 0 radical (unpaired) electrons. The Balaban J connectivity index is 2.56. The topological polar surface area (TPSA) is 56.2 Å². The molecule has 2 N–H and O–H groups in total. The lowest BCUT2D eigenvalue weighted by molar-refractivity contribution is 0.545. The van der Waals surface area contributed by atoms with Crippen LogP contribution in [-0.4, -0.2) is 14.6 Å². The van der Waals surface area contributed by atoms with Gasteiger partial charge in [-0.05, 0) is 17.7 Å². The number of nitrogens with two attached hydrogens (primary N) is 1. The van der Waals surface area contributed by atoms with E-state index in [0.717, 1.165) is 17.0 Å². The summed E-state index contributed by atoms with van der Waals surface area (Å²) in [5, 5.41) is 4.42. The van der Waals surface area contributed by atoms with Crippen LogP contribution < -0.4 is 5.73 Å². The molecule has 0 unspecified atom stereocenters. The van der Waals surface area contributed by atoms with Gasteiger partial charge in [0.15, 0.2) is 11.5 Å². The molecule has 0 saturated heterocycles. The average Bonchev–Trinajstić information content (AvgIpc) is 2.59. The van der Waals surface area contributed by atoms with E-state index in [2.05, 4.69) is 30.9 Å². The van der Waals surface area contributed by atoms with Crippen LogP contribution in [0.1, 0.15) is 32.2 Å². The molecule has 0 amide bonds. The molecule has 0 aliphatic carbocycles. The monoisotopic (exact) mass is 204 g/mol. The predicted molar refractivity (Wildman–Crippen MR) is 59.6 cm³/mol. The molecule has 0 fully saturated rings. The molecule has 4 heteroatoms. The zero-order valence-electron chi connectivity index (χ0n) is 9.36. The summed E-state index contributed by atoms with van der Waals surface area (Å²) in [4.78, 5) is 4.49. The Labute approximate surface area is 89.1 Å². The molecule has 0 saturated carbocycles. The Morgan fingerprint density at radius 2 is 2.13 bits per heavy atom. The number of nitrogens with zero attached hydrogens (tertiary/aromatic N) is 3. The van der Waals surface area contributed by atoms with Crippen molar-refractivity contribution in [2.45, 2.75) is 32.7 Å². The number of pyridine rings is 1. The molecule has 0 aliphatic rings. The van der Waals surface area contributed by atoms with Gasteiger partial charge in [-0.1, -0.05) is 20.8 Å². The number of aromatic nitrogens is 3. The van der Waals surface area contributed by atoms with Gasteiger partial charge >= 0.3 is 0 Å². The molecule has 0 aromatic carbocycles. The van der Waals surface area contributed by atoms with Crippen LogP contribution >= 0.6 is 0 Å². The van der Waals surface area contributed by atoms with Crippen molar-refractivity contribution < 1.29 is 0 Å². The lowest BCUT2D eigenvalue weighted by Gasteiger charge is -2.11. The van der Waals surface area contributed by atoms with Crippen LogP contribution in [-0.2, 0) is 12.0 Å².